The summed E-state index contributed by atoms with van der Waals surface area (Å²) in [5.74, 6) is -0.624. The summed E-state index contributed by atoms with van der Waals surface area (Å²) in [6, 6.07) is 27.5. The molecule has 168 valence electrons. The molecular weight excluding hydrogens is 426 g/mol. The number of nitrogens with zero attached hydrogens (tertiary/aromatic N) is 1. The molecule has 0 saturated carbocycles. The van der Waals surface area contributed by atoms with Gasteiger partial charge in [0.05, 0.1) is 19.3 Å². The van der Waals surface area contributed by atoms with Gasteiger partial charge in [-0.3, -0.25) is 9.59 Å². The van der Waals surface area contributed by atoms with Crippen LogP contribution < -0.4 is 4.90 Å². The molecule has 0 radical (unpaired) electrons. The van der Waals surface area contributed by atoms with Crippen LogP contribution in [0.15, 0.2) is 84.9 Å². The van der Waals surface area contributed by atoms with Crippen LogP contribution in [0.4, 0.5) is 5.69 Å². The minimum absolute atomic E-state index is 0.0932. The molecule has 5 nitrogen and oxygen atoms in total. The van der Waals surface area contributed by atoms with Gasteiger partial charge in [0.2, 0.25) is 5.91 Å². The second-order valence-corrected chi connectivity index (χ2v) is 7.40. The minimum Gasteiger partial charge on any atom is -0.469 e. The van der Waals surface area contributed by atoms with Crippen molar-refractivity contribution in [3.8, 4) is 11.1 Å². The minimum atomic E-state index is -0.836. The van der Waals surface area contributed by atoms with Crippen molar-refractivity contribution in [3.63, 3.8) is 0 Å². The fourth-order valence-corrected chi connectivity index (χ4v) is 3.48. The first-order valence-electron chi connectivity index (χ1n) is 10.3. The van der Waals surface area contributed by atoms with Gasteiger partial charge < -0.3 is 14.7 Å². The Bertz CT molecular complexity index is 979. The monoisotopic (exact) mass is 453 g/mol. The standard InChI is InChI=1S/C25H24ClNO3.CH4O/c1-30-24(28)17-16-22(26)25(29)27(18-19-10-4-2-5-11-19)23-15-9-8-14-21(23)20-12-6-3-7-13-20;1-2/h2-15,22H,16-18H2,1H3;2H,1H3. The lowest BCUT2D eigenvalue weighted by Gasteiger charge is -2.27. The van der Waals surface area contributed by atoms with Crippen LogP contribution in [0.2, 0.25) is 0 Å². The van der Waals surface area contributed by atoms with E-state index in [4.69, 9.17) is 16.7 Å². The molecule has 0 aliphatic rings. The molecule has 0 aliphatic carbocycles. The highest BCUT2D eigenvalue weighted by Gasteiger charge is 2.26. The summed E-state index contributed by atoms with van der Waals surface area (Å²) in [5, 5.41) is 6.16. The van der Waals surface area contributed by atoms with Crippen molar-refractivity contribution >= 4 is 29.2 Å². The number of alkyl halides is 1. The SMILES string of the molecule is CO.COC(=O)CCC(Cl)C(=O)N(Cc1ccccc1)c1ccccc1-c1ccccc1. The zero-order valence-electron chi connectivity index (χ0n) is 18.3. The molecule has 1 N–H and O–H groups in total. The van der Waals surface area contributed by atoms with E-state index in [2.05, 4.69) is 4.74 Å². The number of aliphatic hydroxyl groups is 1. The highest BCUT2D eigenvalue weighted by Crippen LogP contribution is 2.33. The average Bonchev–Trinajstić information content (AvgIpc) is 2.87. The molecule has 3 aromatic carbocycles. The summed E-state index contributed by atoms with van der Waals surface area (Å²) >= 11 is 6.44. The number of ether oxygens (including phenoxy) is 1. The first-order chi connectivity index (χ1) is 15.6. The summed E-state index contributed by atoms with van der Waals surface area (Å²) in [6.45, 7) is 0.380. The Morgan fingerprint density at radius 3 is 2.09 bits per heavy atom. The van der Waals surface area contributed by atoms with Gasteiger partial charge >= 0.3 is 5.97 Å². The molecule has 1 unspecified atom stereocenters. The third-order valence-electron chi connectivity index (χ3n) is 4.83. The van der Waals surface area contributed by atoms with Gasteiger partial charge in [-0.05, 0) is 23.6 Å². The maximum atomic E-state index is 13.4. The molecule has 0 bridgehead atoms. The van der Waals surface area contributed by atoms with Crippen LogP contribution in [0.1, 0.15) is 18.4 Å². The zero-order chi connectivity index (χ0) is 23.3. The fourth-order valence-electron chi connectivity index (χ4n) is 3.26. The summed E-state index contributed by atoms with van der Waals surface area (Å²) in [5.41, 5.74) is 3.73. The number of methoxy groups -OCH3 is 1. The van der Waals surface area contributed by atoms with Gasteiger partial charge in [0, 0.05) is 19.1 Å². The van der Waals surface area contributed by atoms with Crippen molar-refractivity contribution in [1.82, 2.24) is 0 Å². The third kappa shape index (κ3) is 6.94. The number of halogens is 1. The highest BCUT2D eigenvalue weighted by atomic mass is 35.5. The smallest absolute Gasteiger partial charge is 0.305 e. The van der Waals surface area contributed by atoms with Crippen LogP contribution in [0.5, 0.6) is 0 Å². The number of para-hydroxylation sites is 1. The Labute approximate surface area is 194 Å². The van der Waals surface area contributed by atoms with E-state index < -0.39 is 5.38 Å². The number of hydrogen-bond acceptors (Lipinski definition) is 4. The Kier molecular flexibility index (Phi) is 10.4. The van der Waals surface area contributed by atoms with Crippen LogP contribution >= 0.6 is 11.6 Å². The number of anilines is 1. The van der Waals surface area contributed by atoms with Crippen molar-refractivity contribution in [1.29, 1.82) is 0 Å². The van der Waals surface area contributed by atoms with Crippen molar-refractivity contribution in [2.75, 3.05) is 19.1 Å². The van der Waals surface area contributed by atoms with Gasteiger partial charge in [-0.1, -0.05) is 78.9 Å². The van der Waals surface area contributed by atoms with E-state index in [0.717, 1.165) is 29.5 Å². The molecule has 3 aromatic rings. The number of aliphatic hydroxyl groups excluding tert-OH is 1. The van der Waals surface area contributed by atoms with E-state index >= 15 is 0 Å². The molecule has 0 heterocycles. The molecule has 6 heteroatoms. The van der Waals surface area contributed by atoms with E-state index in [1.165, 1.54) is 7.11 Å². The molecule has 0 saturated heterocycles. The van der Waals surface area contributed by atoms with Crippen molar-refractivity contribution in [3.05, 3.63) is 90.5 Å². The predicted octanol–water partition coefficient (Wildman–Crippen LogP) is 5.06. The number of esters is 1. The lowest BCUT2D eigenvalue weighted by Crippen LogP contribution is -2.37. The Morgan fingerprint density at radius 2 is 1.47 bits per heavy atom. The van der Waals surface area contributed by atoms with Crippen LogP contribution in [-0.4, -0.2) is 36.6 Å². The summed E-state index contributed by atoms with van der Waals surface area (Å²) in [7, 11) is 2.32. The zero-order valence-corrected chi connectivity index (χ0v) is 19.0. The van der Waals surface area contributed by atoms with Gasteiger partial charge in [0.1, 0.15) is 5.38 Å². The van der Waals surface area contributed by atoms with Crippen LogP contribution in [0.3, 0.4) is 0 Å². The molecule has 0 spiro atoms. The number of benzene rings is 3. The van der Waals surface area contributed by atoms with E-state index in [1.54, 1.807) is 4.90 Å². The van der Waals surface area contributed by atoms with Crippen molar-refractivity contribution in [2.24, 2.45) is 0 Å². The predicted molar refractivity (Wildman–Crippen MR) is 129 cm³/mol. The first-order valence-corrected chi connectivity index (χ1v) is 10.7. The highest BCUT2D eigenvalue weighted by molar-refractivity contribution is 6.33. The summed E-state index contributed by atoms with van der Waals surface area (Å²) in [6.07, 6.45) is 0.307. The molecule has 3 rings (SSSR count). The maximum absolute atomic E-state index is 13.4. The lowest BCUT2D eigenvalue weighted by molar-refractivity contribution is -0.140. The molecule has 32 heavy (non-hydrogen) atoms. The molecule has 0 fully saturated rings. The first kappa shape index (κ1) is 25.1. The Hall–Kier alpha value is -3.15. The molecule has 1 amide bonds. The van der Waals surface area contributed by atoms with E-state index in [1.807, 2.05) is 84.9 Å². The van der Waals surface area contributed by atoms with Crippen molar-refractivity contribution in [2.45, 2.75) is 24.8 Å². The topological polar surface area (TPSA) is 66.8 Å². The molecule has 1 atom stereocenters. The second-order valence-electron chi connectivity index (χ2n) is 6.88. The Balaban J connectivity index is 0.00000176. The van der Waals surface area contributed by atoms with Gasteiger partial charge in [0.15, 0.2) is 0 Å². The number of carbonyl (C=O) groups excluding carboxylic acids is 2. The van der Waals surface area contributed by atoms with Crippen molar-refractivity contribution < 1.29 is 19.4 Å². The lowest BCUT2D eigenvalue weighted by atomic mass is 10.0. The largest absolute Gasteiger partial charge is 0.469 e. The summed E-state index contributed by atoms with van der Waals surface area (Å²) in [4.78, 5) is 26.6. The van der Waals surface area contributed by atoms with Crippen LogP contribution in [0.25, 0.3) is 11.1 Å². The van der Waals surface area contributed by atoms with Gasteiger partial charge in [-0.25, -0.2) is 0 Å². The van der Waals surface area contributed by atoms with Gasteiger partial charge in [-0.15, -0.1) is 11.6 Å². The number of rotatable bonds is 8. The van der Waals surface area contributed by atoms with Crippen LogP contribution in [-0.2, 0) is 20.9 Å². The Morgan fingerprint density at radius 1 is 0.906 bits per heavy atom. The molecule has 0 aromatic heterocycles. The average molecular weight is 454 g/mol. The number of hydrogen-bond donors (Lipinski definition) is 1. The number of amides is 1. The van der Waals surface area contributed by atoms with Crippen LogP contribution in [0, 0.1) is 0 Å². The quantitative estimate of drug-likeness (QED) is 0.382. The van der Waals surface area contributed by atoms with E-state index in [-0.39, 0.29) is 24.7 Å². The normalized spacial score (nSPS) is 11.0. The fraction of sp³-hybridized carbons (Fsp3) is 0.231. The molecular formula is C26H28ClNO4. The maximum Gasteiger partial charge on any atom is 0.305 e. The third-order valence-corrected chi connectivity index (χ3v) is 5.23. The van der Waals surface area contributed by atoms with Gasteiger partial charge in [0.25, 0.3) is 0 Å². The molecule has 0 aliphatic heterocycles. The van der Waals surface area contributed by atoms with E-state index in [9.17, 15) is 9.59 Å². The second kappa shape index (κ2) is 13.3. The number of carbonyl (C=O) groups is 2. The van der Waals surface area contributed by atoms with Gasteiger partial charge in [-0.2, -0.15) is 0 Å². The van der Waals surface area contributed by atoms with E-state index in [0.29, 0.717) is 6.54 Å². The summed E-state index contributed by atoms with van der Waals surface area (Å²) < 4.78 is 4.68.